The van der Waals surface area contributed by atoms with Gasteiger partial charge in [0.1, 0.15) is 13.2 Å². The summed E-state index contributed by atoms with van der Waals surface area (Å²) in [4.78, 5) is 25.6. The molecule has 8 nitrogen and oxygen atoms in total. The maximum Gasteiger partial charge on any atom is 0.268 e. The van der Waals surface area contributed by atoms with Gasteiger partial charge in [-0.05, 0) is 109 Å². The van der Waals surface area contributed by atoms with Crippen LogP contribution in [-0.2, 0) is 18.4 Å². The number of likely N-dealkylation sites (N-methyl/N-ethyl adjacent to an activating group) is 1. The van der Waals surface area contributed by atoms with E-state index in [0.717, 1.165) is 96.3 Å². The first-order valence-corrected chi connectivity index (χ1v) is 34.5. The van der Waals surface area contributed by atoms with Gasteiger partial charge in [0.15, 0.2) is 0 Å². The molecule has 3 atom stereocenters. The summed E-state index contributed by atoms with van der Waals surface area (Å²) >= 11 is 0. The molecule has 0 rings (SSSR count). The number of hydrogen-bond donors (Lipinski definition) is 2. The van der Waals surface area contributed by atoms with E-state index in [1.54, 1.807) is 6.08 Å². The number of aliphatic hydroxyl groups excluding tert-OH is 1. The van der Waals surface area contributed by atoms with Crippen LogP contribution in [0.4, 0.5) is 0 Å². The molecule has 0 aliphatic carbocycles. The van der Waals surface area contributed by atoms with Crippen LogP contribution in [-0.4, -0.2) is 68.5 Å². The number of nitrogens with one attached hydrogen (secondary N) is 1. The molecular formula is C72H125N2O6P. The van der Waals surface area contributed by atoms with E-state index in [1.807, 2.05) is 27.2 Å². The lowest BCUT2D eigenvalue weighted by molar-refractivity contribution is -0.870. The number of amides is 1. The lowest BCUT2D eigenvalue weighted by Crippen LogP contribution is -2.45. The van der Waals surface area contributed by atoms with Gasteiger partial charge in [0, 0.05) is 6.42 Å². The minimum Gasteiger partial charge on any atom is -0.756 e. The van der Waals surface area contributed by atoms with Gasteiger partial charge in [-0.25, -0.2) is 0 Å². The summed E-state index contributed by atoms with van der Waals surface area (Å²) in [5, 5.41) is 13.9. The van der Waals surface area contributed by atoms with Crippen molar-refractivity contribution >= 4 is 13.7 Å². The fraction of sp³-hybridized carbons (Fsp3) is 0.681. The van der Waals surface area contributed by atoms with Crippen LogP contribution in [0.5, 0.6) is 0 Å². The Morgan fingerprint density at radius 2 is 0.765 bits per heavy atom. The molecule has 0 bridgehead atoms. The molecule has 0 aliphatic rings. The summed E-state index contributed by atoms with van der Waals surface area (Å²) in [7, 11) is 1.22. The van der Waals surface area contributed by atoms with Gasteiger partial charge in [-0.15, -0.1) is 0 Å². The Bertz CT molecular complexity index is 1780. The molecule has 0 aromatic carbocycles. The topological polar surface area (TPSA) is 108 Å². The number of allylic oxidation sites excluding steroid dienone is 21. The molecule has 0 aromatic rings. The highest BCUT2D eigenvalue weighted by atomic mass is 31.2. The second-order valence-corrected chi connectivity index (χ2v) is 24.5. The van der Waals surface area contributed by atoms with Crippen LogP contribution in [0.25, 0.3) is 0 Å². The lowest BCUT2D eigenvalue weighted by atomic mass is 10.0. The molecule has 0 aliphatic heterocycles. The Kier molecular flexibility index (Phi) is 58.7. The van der Waals surface area contributed by atoms with Crippen molar-refractivity contribution in [1.29, 1.82) is 0 Å². The van der Waals surface area contributed by atoms with Gasteiger partial charge in [0.05, 0.1) is 39.9 Å². The number of unbranched alkanes of at least 4 members (excludes halogenated alkanes) is 26. The highest BCUT2D eigenvalue weighted by Gasteiger charge is 2.23. The summed E-state index contributed by atoms with van der Waals surface area (Å²) in [6, 6.07) is -0.921. The van der Waals surface area contributed by atoms with Crippen molar-refractivity contribution in [1.82, 2.24) is 5.32 Å². The molecule has 0 radical (unpaired) electrons. The predicted octanol–water partition coefficient (Wildman–Crippen LogP) is 20.4. The number of nitrogens with zero attached hydrogens (tertiary/aromatic N) is 1. The summed E-state index contributed by atoms with van der Waals surface area (Å²) in [6.45, 7) is 4.51. The van der Waals surface area contributed by atoms with E-state index in [-0.39, 0.29) is 12.5 Å². The smallest absolute Gasteiger partial charge is 0.268 e. The van der Waals surface area contributed by atoms with Crippen LogP contribution in [0.2, 0.25) is 0 Å². The normalized spacial score (nSPS) is 14.6. The zero-order valence-corrected chi connectivity index (χ0v) is 53.8. The number of aliphatic hydroxyl groups is 1. The molecule has 2 N–H and O–H groups in total. The lowest BCUT2D eigenvalue weighted by Gasteiger charge is -2.29. The molecule has 81 heavy (non-hydrogen) atoms. The summed E-state index contributed by atoms with van der Waals surface area (Å²) in [6.07, 6.45) is 92.7. The molecule has 0 spiro atoms. The SMILES string of the molecule is CC/C=C\C/C=C\C/C=C\C/C=C\C/C=C\C/C=C\C/C=C\C/C=C\CCCCCCCCCCCCCCC(=O)NC(COP(=O)([O-])OCC[N+](C)(C)C)C(O)/C=C/CC/C=C/CC/C=C/CCCCCCCCCCCCCC. The predicted molar refractivity (Wildman–Crippen MR) is 352 cm³/mol. The van der Waals surface area contributed by atoms with Crippen molar-refractivity contribution in [2.45, 2.75) is 276 Å². The second kappa shape index (κ2) is 61.2. The molecule has 0 heterocycles. The van der Waals surface area contributed by atoms with E-state index < -0.39 is 26.6 Å². The molecule has 0 saturated carbocycles. The third-order valence-electron chi connectivity index (χ3n) is 14.1. The molecule has 0 aromatic heterocycles. The van der Waals surface area contributed by atoms with Gasteiger partial charge in [-0.1, -0.05) is 282 Å². The van der Waals surface area contributed by atoms with Crippen molar-refractivity contribution < 1.29 is 32.9 Å². The van der Waals surface area contributed by atoms with Gasteiger partial charge < -0.3 is 28.8 Å². The Morgan fingerprint density at radius 3 is 1.15 bits per heavy atom. The van der Waals surface area contributed by atoms with Gasteiger partial charge in [0.25, 0.3) is 7.82 Å². The van der Waals surface area contributed by atoms with Gasteiger partial charge in [-0.2, -0.15) is 0 Å². The quantitative estimate of drug-likeness (QED) is 0.0272. The highest BCUT2D eigenvalue weighted by Crippen LogP contribution is 2.38. The third kappa shape index (κ3) is 64.1. The second-order valence-electron chi connectivity index (χ2n) is 23.1. The minimum absolute atomic E-state index is 0.0150. The van der Waals surface area contributed by atoms with Crippen LogP contribution in [0, 0.1) is 0 Å². The monoisotopic (exact) mass is 1140 g/mol. The Morgan fingerprint density at radius 1 is 0.444 bits per heavy atom. The van der Waals surface area contributed by atoms with Gasteiger partial charge in [-0.3, -0.25) is 9.36 Å². The van der Waals surface area contributed by atoms with E-state index in [1.165, 1.54) is 148 Å². The first-order valence-electron chi connectivity index (χ1n) is 33.0. The van der Waals surface area contributed by atoms with E-state index in [4.69, 9.17) is 9.05 Å². The van der Waals surface area contributed by atoms with Crippen molar-refractivity contribution in [3.63, 3.8) is 0 Å². The van der Waals surface area contributed by atoms with Gasteiger partial charge >= 0.3 is 0 Å². The molecular weight excluding hydrogens is 1020 g/mol. The maximum atomic E-state index is 13.0. The number of hydrogen-bond acceptors (Lipinski definition) is 6. The van der Waals surface area contributed by atoms with E-state index >= 15 is 0 Å². The Hall–Kier alpha value is -3.36. The Labute approximate surface area is 500 Å². The van der Waals surface area contributed by atoms with Crippen LogP contribution in [0.1, 0.15) is 264 Å². The van der Waals surface area contributed by atoms with Crippen molar-refractivity contribution in [2.24, 2.45) is 0 Å². The number of phosphoric ester groups is 1. The van der Waals surface area contributed by atoms with Crippen LogP contribution in [0.3, 0.4) is 0 Å². The standard InChI is InChI=1S/C72H125N2O6P/c1-6-8-10-12-14-16-18-20-22-24-26-28-30-31-32-33-34-35-36-37-38-39-40-41-42-43-44-46-48-50-52-54-56-58-60-62-64-66-72(76)73-70(69-80-81(77,78)79-68-67-74(3,4)5)71(75)65-63-61-59-57-55-53-51-49-47-45-29-27-25-23-21-19-17-15-13-11-9-7-2/h8,10,14,16,20,22,26,28,31-32,34-35,37-38,40-41,47,49,55,57,63,65,70-71,75H,6-7,9,11-13,15,17-19,21,23-25,27,29-30,33,36,39,42-46,48,50-54,56,58-62,64,66-69H2,1-5H3,(H-,73,76,77,78)/b10-8-,16-14-,22-20-,28-26-,32-31-,35-34-,38-37-,41-40-,49-47+,57-55+,65-63+. The van der Waals surface area contributed by atoms with Crippen LogP contribution in [0.15, 0.2) is 134 Å². The zero-order valence-electron chi connectivity index (χ0n) is 52.9. The summed E-state index contributed by atoms with van der Waals surface area (Å²) < 4.78 is 23.4. The van der Waals surface area contributed by atoms with Gasteiger partial charge in [0.2, 0.25) is 5.91 Å². The number of rotatable bonds is 59. The molecule has 0 fully saturated rings. The first-order chi connectivity index (χ1) is 39.5. The number of phosphoric acid groups is 1. The fourth-order valence-corrected chi connectivity index (χ4v) is 9.69. The zero-order chi connectivity index (χ0) is 59.1. The number of quaternary nitrogens is 1. The minimum atomic E-state index is -4.62. The molecule has 3 unspecified atom stereocenters. The summed E-state index contributed by atoms with van der Waals surface area (Å²) in [5.74, 6) is -0.217. The molecule has 9 heteroatoms. The van der Waals surface area contributed by atoms with Crippen LogP contribution >= 0.6 is 7.82 Å². The van der Waals surface area contributed by atoms with E-state index in [0.29, 0.717) is 17.4 Å². The molecule has 464 valence electrons. The van der Waals surface area contributed by atoms with E-state index in [2.05, 4.69) is 141 Å². The largest absolute Gasteiger partial charge is 0.756 e. The maximum absolute atomic E-state index is 13.0. The van der Waals surface area contributed by atoms with Crippen LogP contribution < -0.4 is 10.2 Å². The average Bonchev–Trinajstić information content (AvgIpc) is 3.43. The Balaban J connectivity index is 4.18. The van der Waals surface area contributed by atoms with E-state index in [9.17, 15) is 19.4 Å². The number of carbonyl (C=O) groups excluding carboxylic acids is 1. The third-order valence-corrected chi connectivity index (χ3v) is 15.0. The summed E-state index contributed by atoms with van der Waals surface area (Å²) in [5.41, 5.74) is 0. The fourth-order valence-electron chi connectivity index (χ4n) is 8.97. The first kappa shape index (κ1) is 77.6. The molecule has 1 amide bonds. The highest BCUT2D eigenvalue weighted by molar-refractivity contribution is 7.45. The molecule has 0 saturated heterocycles. The average molecular weight is 1150 g/mol. The van der Waals surface area contributed by atoms with Crippen molar-refractivity contribution in [2.75, 3.05) is 40.9 Å². The number of carbonyl (C=O) groups is 1. The van der Waals surface area contributed by atoms with Crippen molar-refractivity contribution in [3.05, 3.63) is 134 Å². The van der Waals surface area contributed by atoms with Crippen molar-refractivity contribution in [3.8, 4) is 0 Å².